The Morgan fingerprint density at radius 2 is 1.93 bits per heavy atom. The van der Waals surface area contributed by atoms with Gasteiger partial charge in [-0.1, -0.05) is 36.8 Å². The van der Waals surface area contributed by atoms with Crippen molar-refractivity contribution >= 4 is 11.9 Å². The van der Waals surface area contributed by atoms with E-state index in [0.717, 1.165) is 11.3 Å². The van der Waals surface area contributed by atoms with Gasteiger partial charge in [-0.2, -0.15) is 0 Å². The van der Waals surface area contributed by atoms with Crippen molar-refractivity contribution in [2.75, 3.05) is 6.54 Å². The van der Waals surface area contributed by atoms with Gasteiger partial charge in [0.25, 0.3) is 0 Å². The Bertz CT molecular complexity index is 755. The molecule has 1 aromatic heterocycles. The van der Waals surface area contributed by atoms with Gasteiger partial charge in [0.15, 0.2) is 0 Å². The van der Waals surface area contributed by atoms with Crippen LogP contribution in [0.1, 0.15) is 36.6 Å². The quantitative estimate of drug-likeness (QED) is 0.558. The number of carboxylic acids is 2. The summed E-state index contributed by atoms with van der Waals surface area (Å²) in [5.41, 5.74) is 3.16. The second kappa shape index (κ2) is 9.87. The van der Waals surface area contributed by atoms with Gasteiger partial charge in [0, 0.05) is 31.3 Å². The number of rotatable bonds is 11. The predicted octanol–water partition coefficient (Wildman–Crippen LogP) is 2.33. The van der Waals surface area contributed by atoms with E-state index in [1.807, 2.05) is 30.5 Å². The summed E-state index contributed by atoms with van der Waals surface area (Å²) in [5, 5.41) is 21.3. The van der Waals surface area contributed by atoms with Gasteiger partial charge in [0.1, 0.15) is 6.04 Å². The number of carboxylic acid groups (broad SMARTS) is 2. The van der Waals surface area contributed by atoms with Crippen molar-refractivity contribution in [1.82, 2.24) is 14.9 Å². The molecule has 0 saturated carbocycles. The van der Waals surface area contributed by atoms with Crippen molar-refractivity contribution in [3.8, 4) is 0 Å². The van der Waals surface area contributed by atoms with Crippen LogP contribution in [0.15, 0.2) is 36.8 Å². The highest BCUT2D eigenvalue weighted by Gasteiger charge is 2.20. The van der Waals surface area contributed by atoms with Gasteiger partial charge in [-0.05, 0) is 31.4 Å². The van der Waals surface area contributed by atoms with Crippen molar-refractivity contribution in [3.63, 3.8) is 0 Å². The average molecular weight is 373 g/mol. The van der Waals surface area contributed by atoms with Crippen LogP contribution in [-0.2, 0) is 22.6 Å². The molecule has 7 heteroatoms. The lowest BCUT2D eigenvalue weighted by molar-refractivity contribution is -0.140. The molecular formula is C20H27N3O4. The van der Waals surface area contributed by atoms with E-state index in [2.05, 4.69) is 22.4 Å². The van der Waals surface area contributed by atoms with Gasteiger partial charge in [0.2, 0.25) is 0 Å². The summed E-state index contributed by atoms with van der Waals surface area (Å²) >= 11 is 0. The van der Waals surface area contributed by atoms with Gasteiger partial charge in [0.05, 0.1) is 6.33 Å². The van der Waals surface area contributed by atoms with Gasteiger partial charge >= 0.3 is 11.9 Å². The minimum absolute atomic E-state index is 0.0837. The summed E-state index contributed by atoms with van der Waals surface area (Å²) in [6.07, 6.45) is 4.32. The first-order valence-electron chi connectivity index (χ1n) is 9.07. The molecule has 0 fully saturated rings. The van der Waals surface area contributed by atoms with Crippen LogP contribution in [0.3, 0.4) is 0 Å². The first-order chi connectivity index (χ1) is 12.8. The monoisotopic (exact) mass is 373 g/mol. The number of aromatic nitrogens is 2. The molecule has 2 aromatic rings. The third-order valence-electron chi connectivity index (χ3n) is 4.55. The van der Waals surface area contributed by atoms with Crippen molar-refractivity contribution in [2.45, 2.75) is 45.7 Å². The molecule has 1 aromatic carbocycles. The minimum atomic E-state index is -0.927. The lowest BCUT2D eigenvalue weighted by Crippen LogP contribution is -2.41. The van der Waals surface area contributed by atoms with Gasteiger partial charge in [-0.25, -0.2) is 4.98 Å². The van der Waals surface area contributed by atoms with Crippen LogP contribution in [0.25, 0.3) is 0 Å². The normalized spacial score (nSPS) is 13.3. The lowest BCUT2D eigenvalue weighted by Gasteiger charge is -2.18. The fourth-order valence-corrected chi connectivity index (χ4v) is 2.82. The van der Waals surface area contributed by atoms with E-state index in [-0.39, 0.29) is 12.3 Å². The standard InChI is InChI=1S/C20H27N3O4/c1-14-3-6-16(7-4-14)12-23-13-21-11-17(23)9-18(20(26)27)22-10-15(2)5-8-19(24)25/h3-4,6-7,11,13,15,18,22H,5,8-10,12H2,1-2H3,(H,24,25)(H,26,27). The molecule has 7 nitrogen and oxygen atoms in total. The largest absolute Gasteiger partial charge is 0.481 e. The molecule has 1 heterocycles. The van der Waals surface area contributed by atoms with Crippen LogP contribution in [-0.4, -0.2) is 44.3 Å². The smallest absolute Gasteiger partial charge is 0.321 e. The molecule has 0 aliphatic heterocycles. The van der Waals surface area contributed by atoms with E-state index in [9.17, 15) is 14.7 Å². The highest BCUT2D eigenvalue weighted by atomic mass is 16.4. The second-order valence-corrected chi connectivity index (χ2v) is 7.04. The number of nitrogens with one attached hydrogen (secondary N) is 1. The lowest BCUT2D eigenvalue weighted by atomic mass is 10.0. The third-order valence-corrected chi connectivity index (χ3v) is 4.55. The number of benzene rings is 1. The molecular weight excluding hydrogens is 346 g/mol. The van der Waals surface area contributed by atoms with Crippen molar-refractivity contribution in [2.24, 2.45) is 5.92 Å². The molecule has 3 N–H and O–H groups in total. The van der Waals surface area contributed by atoms with E-state index in [0.29, 0.717) is 25.9 Å². The first kappa shape index (κ1) is 20.6. The molecule has 0 saturated heterocycles. The number of carbonyl (C=O) groups is 2. The molecule has 0 bridgehead atoms. The maximum Gasteiger partial charge on any atom is 0.321 e. The first-order valence-corrected chi connectivity index (χ1v) is 9.07. The molecule has 0 spiro atoms. The highest BCUT2D eigenvalue weighted by Crippen LogP contribution is 2.11. The van der Waals surface area contributed by atoms with E-state index in [4.69, 9.17) is 5.11 Å². The molecule has 27 heavy (non-hydrogen) atoms. The van der Waals surface area contributed by atoms with E-state index < -0.39 is 18.0 Å². The van der Waals surface area contributed by atoms with Crippen LogP contribution in [0, 0.1) is 12.8 Å². The minimum Gasteiger partial charge on any atom is -0.481 e. The number of nitrogens with zero attached hydrogens (tertiary/aromatic N) is 2. The Morgan fingerprint density at radius 1 is 1.22 bits per heavy atom. The van der Waals surface area contributed by atoms with Crippen LogP contribution in [0.5, 0.6) is 0 Å². The Labute approximate surface area is 159 Å². The summed E-state index contributed by atoms with van der Waals surface area (Å²) < 4.78 is 1.95. The van der Waals surface area contributed by atoms with E-state index in [1.165, 1.54) is 5.56 Å². The van der Waals surface area contributed by atoms with Gasteiger partial charge in [-0.15, -0.1) is 0 Å². The maximum absolute atomic E-state index is 11.6. The molecule has 0 aliphatic rings. The second-order valence-electron chi connectivity index (χ2n) is 7.04. The fourth-order valence-electron chi connectivity index (χ4n) is 2.82. The zero-order valence-electron chi connectivity index (χ0n) is 15.8. The zero-order chi connectivity index (χ0) is 19.8. The van der Waals surface area contributed by atoms with Crippen molar-refractivity contribution < 1.29 is 19.8 Å². The zero-order valence-corrected chi connectivity index (χ0v) is 15.8. The van der Waals surface area contributed by atoms with Crippen molar-refractivity contribution in [3.05, 3.63) is 53.6 Å². The molecule has 2 atom stereocenters. The average Bonchev–Trinajstić information content (AvgIpc) is 3.05. The van der Waals surface area contributed by atoms with Crippen LogP contribution >= 0.6 is 0 Å². The van der Waals surface area contributed by atoms with Crippen LogP contribution in [0.2, 0.25) is 0 Å². The van der Waals surface area contributed by atoms with Gasteiger partial charge < -0.3 is 20.1 Å². The molecule has 0 aliphatic carbocycles. The molecule has 0 radical (unpaired) electrons. The Morgan fingerprint density at radius 3 is 2.56 bits per heavy atom. The summed E-state index contributed by atoms with van der Waals surface area (Å²) in [6.45, 7) is 5.04. The number of hydrogen-bond acceptors (Lipinski definition) is 4. The van der Waals surface area contributed by atoms with E-state index in [1.54, 1.807) is 12.5 Å². The number of aryl methyl sites for hydroxylation is 1. The molecule has 2 unspecified atom stereocenters. The van der Waals surface area contributed by atoms with Gasteiger partial charge in [-0.3, -0.25) is 9.59 Å². The van der Waals surface area contributed by atoms with Crippen molar-refractivity contribution in [1.29, 1.82) is 0 Å². The maximum atomic E-state index is 11.6. The Kier molecular flexibility index (Phi) is 7.55. The summed E-state index contributed by atoms with van der Waals surface area (Å²) in [4.78, 5) is 26.4. The molecule has 0 amide bonds. The molecule has 2 rings (SSSR count). The highest BCUT2D eigenvalue weighted by molar-refractivity contribution is 5.73. The summed E-state index contributed by atoms with van der Waals surface area (Å²) in [6, 6.07) is 7.45. The number of aliphatic carboxylic acids is 2. The SMILES string of the molecule is Cc1ccc(Cn2cncc2CC(NCC(C)CCC(=O)O)C(=O)O)cc1. The summed E-state index contributed by atoms with van der Waals surface area (Å²) in [5.74, 6) is -1.68. The Balaban J connectivity index is 1.96. The fraction of sp³-hybridized carbons (Fsp3) is 0.450. The topological polar surface area (TPSA) is 104 Å². The Hall–Kier alpha value is -2.67. The van der Waals surface area contributed by atoms with Crippen LogP contribution < -0.4 is 5.32 Å². The third kappa shape index (κ3) is 6.86. The van der Waals surface area contributed by atoms with E-state index >= 15 is 0 Å². The predicted molar refractivity (Wildman–Crippen MR) is 102 cm³/mol. The number of imidazole rings is 1. The summed E-state index contributed by atoms with van der Waals surface area (Å²) in [7, 11) is 0. The molecule has 146 valence electrons. The van der Waals surface area contributed by atoms with Crippen LogP contribution in [0.4, 0.5) is 0 Å². The number of hydrogen-bond donors (Lipinski definition) is 3.